The molecule has 0 radical (unpaired) electrons. The fourth-order valence-electron chi connectivity index (χ4n) is 1.88. The highest BCUT2D eigenvalue weighted by Crippen LogP contribution is 2.03. The highest BCUT2D eigenvalue weighted by atomic mass is 127. The number of guanidine groups is 1. The molecular formula is C14H20IN5O. The molecule has 0 aliphatic heterocycles. The van der Waals surface area contributed by atoms with Gasteiger partial charge < -0.3 is 14.7 Å². The molecule has 0 spiro atoms. The third-order valence-corrected chi connectivity index (χ3v) is 2.80. The molecule has 2 aromatic rings. The molecule has 2 rings (SSSR count). The summed E-state index contributed by atoms with van der Waals surface area (Å²) < 4.78 is 5.06. The Hall–Kier alpha value is -1.64. The van der Waals surface area contributed by atoms with Gasteiger partial charge in [-0.15, -0.1) is 24.0 Å². The lowest BCUT2D eigenvalue weighted by atomic mass is 10.2. The number of rotatable bonds is 4. The molecule has 1 aromatic heterocycles. The smallest absolute Gasteiger partial charge is 0.246 e. The number of nitrogens with zero attached hydrogens (tertiary/aromatic N) is 4. The first-order valence-corrected chi connectivity index (χ1v) is 6.44. The lowest BCUT2D eigenvalue weighted by Gasteiger charge is -2.21. The Bertz CT molecular complexity index is 570. The first-order chi connectivity index (χ1) is 9.69. The van der Waals surface area contributed by atoms with Crippen LogP contribution in [0.2, 0.25) is 0 Å². The van der Waals surface area contributed by atoms with Gasteiger partial charge in [-0.25, -0.2) is 0 Å². The minimum atomic E-state index is 0. The normalized spacial score (nSPS) is 10.9. The van der Waals surface area contributed by atoms with E-state index in [1.165, 1.54) is 5.56 Å². The van der Waals surface area contributed by atoms with E-state index in [0.717, 1.165) is 12.5 Å². The fraction of sp³-hybridized carbons (Fsp3) is 0.357. The van der Waals surface area contributed by atoms with Gasteiger partial charge >= 0.3 is 0 Å². The Morgan fingerprint density at radius 1 is 1.33 bits per heavy atom. The van der Waals surface area contributed by atoms with E-state index in [4.69, 9.17) is 4.52 Å². The number of nitrogens with one attached hydrogen (secondary N) is 1. The fourth-order valence-corrected chi connectivity index (χ4v) is 1.88. The number of hydrogen-bond donors (Lipinski definition) is 1. The van der Waals surface area contributed by atoms with Crippen molar-refractivity contribution in [1.29, 1.82) is 0 Å². The summed E-state index contributed by atoms with van der Waals surface area (Å²) in [5.41, 5.74) is 1.23. The lowest BCUT2D eigenvalue weighted by Crippen LogP contribution is -2.38. The van der Waals surface area contributed by atoms with Gasteiger partial charge in [0.2, 0.25) is 5.89 Å². The van der Waals surface area contributed by atoms with Gasteiger partial charge in [0, 0.05) is 20.6 Å². The first-order valence-electron chi connectivity index (χ1n) is 6.44. The van der Waals surface area contributed by atoms with Crippen LogP contribution < -0.4 is 5.32 Å². The van der Waals surface area contributed by atoms with Gasteiger partial charge in [0.05, 0.1) is 6.54 Å². The van der Waals surface area contributed by atoms with Crippen LogP contribution in [-0.2, 0) is 13.1 Å². The topological polar surface area (TPSA) is 66.5 Å². The Balaban J connectivity index is 0.00000220. The number of aliphatic imine (C=N–C) groups is 1. The van der Waals surface area contributed by atoms with Crippen LogP contribution in [0.15, 0.2) is 39.8 Å². The van der Waals surface area contributed by atoms with Gasteiger partial charge in [-0.3, -0.25) is 4.99 Å². The molecule has 0 atom stereocenters. The molecule has 7 heteroatoms. The predicted molar refractivity (Wildman–Crippen MR) is 92.6 cm³/mol. The summed E-state index contributed by atoms with van der Waals surface area (Å²) in [6, 6.07) is 10.2. The summed E-state index contributed by atoms with van der Waals surface area (Å²) in [6.45, 7) is 3.04. The zero-order valence-corrected chi connectivity index (χ0v) is 14.7. The van der Waals surface area contributed by atoms with Crippen molar-refractivity contribution in [2.45, 2.75) is 20.0 Å². The largest absolute Gasteiger partial charge is 0.347 e. The Kier molecular flexibility index (Phi) is 7.13. The number of benzene rings is 1. The summed E-state index contributed by atoms with van der Waals surface area (Å²) in [6.07, 6.45) is 0. The molecule has 6 nitrogen and oxygen atoms in total. The maximum atomic E-state index is 5.06. The number of aryl methyl sites for hydroxylation is 1. The van der Waals surface area contributed by atoms with Gasteiger partial charge in [0.15, 0.2) is 11.8 Å². The quantitative estimate of drug-likeness (QED) is 0.484. The van der Waals surface area contributed by atoms with E-state index in [2.05, 4.69) is 32.6 Å². The average molecular weight is 401 g/mol. The highest BCUT2D eigenvalue weighted by molar-refractivity contribution is 14.0. The van der Waals surface area contributed by atoms with E-state index in [-0.39, 0.29) is 24.0 Å². The molecule has 1 aromatic carbocycles. The van der Waals surface area contributed by atoms with Crippen molar-refractivity contribution in [3.8, 4) is 0 Å². The Labute approximate surface area is 141 Å². The zero-order valence-electron chi connectivity index (χ0n) is 12.4. The number of halogens is 1. The molecule has 0 aliphatic carbocycles. The summed E-state index contributed by atoms with van der Waals surface area (Å²) in [5.74, 6) is 1.97. The van der Waals surface area contributed by atoms with Crippen LogP contribution in [0.25, 0.3) is 0 Å². The molecule has 0 unspecified atom stereocenters. The van der Waals surface area contributed by atoms with Crippen molar-refractivity contribution < 1.29 is 4.52 Å². The molecule has 0 bridgehead atoms. The summed E-state index contributed by atoms with van der Waals surface area (Å²) in [7, 11) is 3.74. The van der Waals surface area contributed by atoms with E-state index in [0.29, 0.717) is 18.3 Å². The molecule has 21 heavy (non-hydrogen) atoms. The van der Waals surface area contributed by atoms with E-state index in [1.807, 2.05) is 30.1 Å². The van der Waals surface area contributed by atoms with Crippen LogP contribution in [0.4, 0.5) is 0 Å². The second-order valence-electron chi connectivity index (χ2n) is 4.48. The van der Waals surface area contributed by atoms with Gasteiger partial charge in [-0.05, 0) is 12.5 Å². The number of aromatic nitrogens is 2. The molecule has 0 aliphatic rings. The zero-order chi connectivity index (χ0) is 14.4. The first kappa shape index (κ1) is 17.4. The van der Waals surface area contributed by atoms with Crippen molar-refractivity contribution in [2.24, 2.45) is 4.99 Å². The van der Waals surface area contributed by atoms with Gasteiger partial charge in [-0.2, -0.15) is 4.98 Å². The minimum absolute atomic E-state index is 0. The maximum absolute atomic E-state index is 5.06. The Morgan fingerprint density at radius 3 is 2.62 bits per heavy atom. The lowest BCUT2D eigenvalue weighted by molar-refractivity contribution is 0.368. The molecule has 114 valence electrons. The summed E-state index contributed by atoms with van der Waals surface area (Å²) >= 11 is 0. The van der Waals surface area contributed by atoms with E-state index in [9.17, 15) is 0 Å². The van der Waals surface area contributed by atoms with E-state index >= 15 is 0 Å². The van der Waals surface area contributed by atoms with E-state index < -0.39 is 0 Å². The van der Waals surface area contributed by atoms with Crippen LogP contribution in [0, 0.1) is 6.92 Å². The van der Waals surface area contributed by atoms with Crippen molar-refractivity contribution in [3.63, 3.8) is 0 Å². The summed E-state index contributed by atoms with van der Waals surface area (Å²) in [5, 5.41) is 6.95. The van der Waals surface area contributed by atoms with Crippen LogP contribution in [0.1, 0.15) is 17.3 Å². The molecule has 0 amide bonds. The maximum Gasteiger partial charge on any atom is 0.246 e. The predicted octanol–water partition coefficient (Wildman–Crippen LogP) is 2.20. The Morgan fingerprint density at radius 2 is 2.05 bits per heavy atom. The third-order valence-electron chi connectivity index (χ3n) is 2.80. The molecule has 1 N–H and O–H groups in total. The summed E-state index contributed by atoms with van der Waals surface area (Å²) in [4.78, 5) is 10.4. The monoisotopic (exact) mass is 401 g/mol. The van der Waals surface area contributed by atoms with Crippen molar-refractivity contribution in [1.82, 2.24) is 20.4 Å². The van der Waals surface area contributed by atoms with Gasteiger partial charge in [-0.1, -0.05) is 35.5 Å². The highest BCUT2D eigenvalue weighted by Gasteiger charge is 2.08. The van der Waals surface area contributed by atoms with Crippen LogP contribution in [0.5, 0.6) is 0 Å². The van der Waals surface area contributed by atoms with Crippen molar-refractivity contribution in [3.05, 3.63) is 47.6 Å². The van der Waals surface area contributed by atoms with E-state index in [1.54, 1.807) is 14.0 Å². The van der Waals surface area contributed by atoms with Gasteiger partial charge in [0.1, 0.15) is 0 Å². The second-order valence-corrected chi connectivity index (χ2v) is 4.48. The third kappa shape index (κ3) is 5.33. The molecule has 0 saturated heterocycles. The number of hydrogen-bond acceptors (Lipinski definition) is 4. The molecule has 0 saturated carbocycles. The minimum Gasteiger partial charge on any atom is -0.347 e. The van der Waals surface area contributed by atoms with Crippen molar-refractivity contribution in [2.75, 3.05) is 14.1 Å². The average Bonchev–Trinajstić information content (AvgIpc) is 2.86. The molecule has 1 heterocycles. The molecule has 0 fully saturated rings. The SMILES string of the molecule is CN=C(NCc1nc(C)no1)N(C)Cc1ccccc1.I. The second kappa shape index (κ2) is 8.60. The standard InChI is InChI=1S/C14H19N5O.HI/c1-11-17-13(20-18-11)9-16-14(15-2)19(3)10-12-7-5-4-6-8-12;/h4-8H,9-10H2,1-3H3,(H,15,16);1H. The van der Waals surface area contributed by atoms with Crippen LogP contribution >= 0.6 is 24.0 Å². The molecular weight excluding hydrogens is 381 g/mol. The van der Waals surface area contributed by atoms with Gasteiger partial charge in [0.25, 0.3) is 0 Å². The van der Waals surface area contributed by atoms with Crippen LogP contribution in [0.3, 0.4) is 0 Å². The van der Waals surface area contributed by atoms with Crippen LogP contribution in [-0.4, -0.2) is 35.1 Å². The van der Waals surface area contributed by atoms with Crippen molar-refractivity contribution >= 4 is 29.9 Å².